The summed E-state index contributed by atoms with van der Waals surface area (Å²) in [6, 6.07) is 26.8. The highest BCUT2D eigenvalue weighted by atomic mass is 19.3. The first-order valence-electron chi connectivity index (χ1n) is 9.36. The van der Waals surface area contributed by atoms with E-state index in [0.29, 0.717) is 6.54 Å². The van der Waals surface area contributed by atoms with E-state index in [1.165, 1.54) is 0 Å². The lowest BCUT2D eigenvalue weighted by atomic mass is 9.98. The van der Waals surface area contributed by atoms with Gasteiger partial charge < -0.3 is 10.1 Å². The largest absolute Gasteiger partial charge is 0.435 e. The second kappa shape index (κ2) is 8.80. The zero-order valence-corrected chi connectivity index (χ0v) is 15.6. The molecule has 0 aliphatic carbocycles. The molecule has 0 bridgehead atoms. The molecule has 3 nitrogen and oxygen atoms in total. The number of alkyl halides is 2. The molecule has 5 heteroatoms. The highest BCUT2D eigenvalue weighted by Gasteiger charge is 2.15. The van der Waals surface area contributed by atoms with Crippen LogP contribution in [0.4, 0.5) is 8.78 Å². The maximum absolute atomic E-state index is 12.4. The topological polar surface area (TPSA) is 34.1 Å². The highest BCUT2D eigenvalue weighted by Crippen LogP contribution is 2.26. The third-order valence-corrected chi connectivity index (χ3v) is 4.78. The first-order valence-corrected chi connectivity index (χ1v) is 9.36. The molecule has 1 unspecified atom stereocenters. The van der Waals surface area contributed by atoms with E-state index in [0.717, 1.165) is 27.6 Å². The van der Waals surface area contributed by atoms with Crippen LogP contribution >= 0.6 is 0 Å². The number of nitrogens with zero attached hydrogens (tertiary/aromatic N) is 1. The third kappa shape index (κ3) is 4.58. The number of hydrogen-bond donors (Lipinski definition) is 1. The minimum absolute atomic E-state index is 0.101. The smallest absolute Gasteiger partial charge is 0.387 e. The number of para-hydroxylation sites is 1. The van der Waals surface area contributed by atoms with Crippen LogP contribution in [0.3, 0.4) is 0 Å². The van der Waals surface area contributed by atoms with Crippen molar-refractivity contribution in [2.45, 2.75) is 19.2 Å². The Morgan fingerprint density at radius 2 is 1.52 bits per heavy atom. The zero-order chi connectivity index (χ0) is 20.1. The van der Waals surface area contributed by atoms with E-state index in [1.54, 1.807) is 18.3 Å². The molecule has 1 atom stereocenters. The SMILES string of the molecule is FC(F)Oc1ccc(C(NCc2cccc3cccnc23)c2ccccc2)cc1. The highest BCUT2D eigenvalue weighted by molar-refractivity contribution is 5.81. The van der Waals surface area contributed by atoms with E-state index in [1.807, 2.05) is 66.7 Å². The van der Waals surface area contributed by atoms with Gasteiger partial charge in [0.05, 0.1) is 11.6 Å². The van der Waals surface area contributed by atoms with Gasteiger partial charge in [0.25, 0.3) is 0 Å². The maximum Gasteiger partial charge on any atom is 0.387 e. The van der Waals surface area contributed by atoms with Crippen LogP contribution in [0.15, 0.2) is 91.1 Å². The predicted octanol–water partition coefficient (Wildman–Crippen LogP) is 5.72. The fourth-order valence-corrected chi connectivity index (χ4v) is 3.44. The van der Waals surface area contributed by atoms with Crippen LogP contribution in [0.5, 0.6) is 5.75 Å². The molecular formula is C24H20F2N2O. The Morgan fingerprint density at radius 3 is 2.28 bits per heavy atom. The van der Waals surface area contributed by atoms with Gasteiger partial charge in [-0.2, -0.15) is 8.78 Å². The Bertz CT molecular complexity index is 1060. The van der Waals surface area contributed by atoms with Crippen molar-refractivity contribution in [1.82, 2.24) is 10.3 Å². The number of rotatable bonds is 7. The van der Waals surface area contributed by atoms with Crippen molar-refractivity contribution < 1.29 is 13.5 Å². The first-order chi connectivity index (χ1) is 14.2. The molecule has 0 saturated carbocycles. The summed E-state index contributed by atoms with van der Waals surface area (Å²) in [7, 11) is 0. The van der Waals surface area contributed by atoms with Gasteiger partial charge in [-0.05, 0) is 34.9 Å². The number of aromatic nitrogens is 1. The summed E-state index contributed by atoms with van der Waals surface area (Å²) in [4.78, 5) is 4.52. The molecule has 0 spiro atoms. The average molecular weight is 390 g/mol. The summed E-state index contributed by atoms with van der Waals surface area (Å²) < 4.78 is 29.4. The monoisotopic (exact) mass is 390 g/mol. The third-order valence-electron chi connectivity index (χ3n) is 4.78. The maximum atomic E-state index is 12.4. The standard InChI is InChI=1S/C24H20F2N2O/c25-24(26)29-21-13-11-19(12-14-21)22(17-6-2-1-3-7-17)28-16-20-9-4-8-18-10-5-15-27-23(18)20/h1-15,22,24,28H,16H2. The summed E-state index contributed by atoms with van der Waals surface area (Å²) in [5.74, 6) is 0.147. The van der Waals surface area contributed by atoms with Gasteiger partial charge in [-0.25, -0.2) is 0 Å². The minimum atomic E-state index is -2.83. The van der Waals surface area contributed by atoms with Crippen LogP contribution in [0, 0.1) is 0 Å². The fourth-order valence-electron chi connectivity index (χ4n) is 3.44. The van der Waals surface area contributed by atoms with Crippen LogP contribution in [-0.2, 0) is 6.54 Å². The van der Waals surface area contributed by atoms with Crippen LogP contribution in [-0.4, -0.2) is 11.6 Å². The summed E-state index contributed by atoms with van der Waals surface area (Å²) in [5, 5.41) is 4.69. The van der Waals surface area contributed by atoms with E-state index >= 15 is 0 Å². The number of halogens is 2. The molecule has 29 heavy (non-hydrogen) atoms. The summed E-state index contributed by atoms with van der Waals surface area (Å²) in [6.45, 7) is -2.22. The number of benzene rings is 3. The van der Waals surface area contributed by atoms with E-state index < -0.39 is 6.61 Å². The summed E-state index contributed by atoms with van der Waals surface area (Å²) in [5.41, 5.74) is 4.12. The molecule has 0 fully saturated rings. The second-order valence-electron chi connectivity index (χ2n) is 6.66. The molecule has 1 heterocycles. The van der Waals surface area contributed by atoms with E-state index in [-0.39, 0.29) is 11.8 Å². The Morgan fingerprint density at radius 1 is 0.793 bits per heavy atom. The molecule has 1 N–H and O–H groups in total. The summed E-state index contributed by atoms with van der Waals surface area (Å²) >= 11 is 0. The fraction of sp³-hybridized carbons (Fsp3) is 0.125. The minimum Gasteiger partial charge on any atom is -0.435 e. The van der Waals surface area contributed by atoms with Crippen molar-refractivity contribution in [1.29, 1.82) is 0 Å². The van der Waals surface area contributed by atoms with Gasteiger partial charge in [0.2, 0.25) is 0 Å². The van der Waals surface area contributed by atoms with Crippen molar-refractivity contribution in [2.75, 3.05) is 0 Å². The van der Waals surface area contributed by atoms with Crippen molar-refractivity contribution in [3.05, 3.63) is 108 Å². The molecule has 1 aromatic heterocycles. The average Bonchev–Trinajstić information content (AvgIpc) is 2.75. The molecule has 146 valence electrons. The first kappa shape index (κ1) is 19.0. The van der Waals surface area contributed by atoms with E-state index in [9.17, 15) is 8.78 Å². The summed E-state index contributed by atoms with van der Waals surface area (Å²) in [6.07, 6.45) is 1.79. The van der Waals surface area contributed by atoms with Gasteiger partial charge in [0.15, 0.2) is 0 Å². The van der Waals surface area contributed by atoms with Crippen molar-refractivity contribution in [2.24, 2.45) is 0 Å². The number of hydrogen-bond acceptors (Lipinski definition) is 3. The van der Waals surface area contributed by atoms with Crippen LogP contribution in [0.25, 0.3) is 10.9 Å². The van der Waals surface area contributed by atoms with Crippen molar-refractivity contribution >= 4 is 10.9 Å². The number of pyridine rings is 1. The van der Waals surface area contributed by atoms with Gasteiger partial charge in [-0.3, -0.25) is 4.98 Å². The number of fused-ring (bicyclic) bond motifs is 1. The molecular weight excluding hydrogens is 370 g/mol. The van der Waals surface area contributed by atoms with E-state index in [2.05, 4.69) is 21.1 Å². The van der Waals surface area contributed by atoms with Gasteiger partial charge in [-0.1, -0.05) is 66.7 Å². The lowest BCUT2D eigenvalue weighted by molar-refractivity contribution is -0.0498. The zero-order valence-electron chi connectivity index (χ0n) is 15.6. The van der Waals surface area contributed by atoms with Gasteiger partial charge in [0.1, 0.15) is 5.75 Å². The lowest BCUT2D eigenvalue weighted by Gasteiger charge is -2.21. The molecule has 0 aliphatic rings. The molecule has 3 aromatic carbocycles. The predicted molar refractivity (Wildman–Crippen MR) is 110 cm³/mol. The van der Waals surface area contributed by atoms with Crippen molar-refractivity contribution in [3.63, 3.8) is 0 Å². The second-order valence-corrected chi connectivity index (χ2v) is 6.66. The molecule has 4 rings (SSSR count). The molecule has 0 radical (unpaired) electrons. The Balaban J connectivity index is 1.61. The van der Waals surface area contributed by atoms with Crippen molar-refractivity contribution in [3.8, 4) is 5.75 Å². The van der Waals surface area contributed by atoms with E-state index in [4.69, 9.17) is 0 Å². The quantitative estimate of drug-likeness (QED) is 0.439. The number of nitrogens with one attached hydrogen (secondary N) is 1. The van der Waals surface area contributed by atoms with Gasteiger partial charge in [-0.15, -0.1) is 0 Å². The number of ether oxygens (including phenoxy) is 1. The normalized spacial score (nSPS) is 12.2. The van der Waals surface area contributed by atoms with Crippen LogP contribution in [0.2, 0.25) is 0 Å². The van der Waals surface area contributed by atoms with Crippen LogP contribution in [0.1, 0.15) is 22.7 Å². The Labute approximate surface area is 168 Å². The van der Waals surface area contributed by atoms with Crippen LogP contribution < -0.4 is 10.1 Å². The molecule has 0 saturated heterocycles. The Kier molecular flexibility index (Phi) is 5.77. The van der Waals surface area contributed by atoms with Gasteiger partial charge in [0, 0.05) is 18.1 Å². The molecule has 0 aliphatic heterocycles. The lowest BCUT2D eigenvalue weighted by Crippen LogP contribution is -2.22. The van der Waals surface area contributed by atoms with Gasteiger partial charge >= 0.3 is 6.61 Å². The molecule has 4 aromatic rings. The Hall–Kier alpha value is -3.31. The molecule has 0 amide bonds.